The highest BCUT2D eigenvalue weighted by molar-refractivity contribution is 6.06. The van der Waals surface area contributed by atoms with Crippen LogP contribution in [0, 0.1) is 11.6 Å². The lowest BCUT2D eigenvalue weighted by atomic mass is 10.0. The highest BCUT2D eigenvalue weighted by Crippen LogP contribution is 2.35. The monoisotopic (exact) mass is 402 g/mol. The zero-order valence-corrected chi connectivity index (χ0v) is 15.7. The minimum atomic E-state index is -1.08. The third-order valence-electron chi connectivity index (χ3n) is 4.16. The first-order valence-electron chi connectivity index (χ1n) is 8.32. The smallest absolute Gasteiger partial charge is 0.357 e. The standard InChI is InChI=1S/C20H16F2N2O5/c1-27-18-13(21)10-9-12(15(18)22)16-14(19(25)28-2)17(20(26)29-3)24(23-16)11-7-5-4-6-8-11/h4-10H,1-3H3. The Morgan fingerprint density at radius 1 is 0.931 bits per heavy atom. The van der Waals surface area contributed by atoms with Gasteiger partial charge in [-0.1, -0.05) is 18.2 Å². The van der Waals surface area contributed by atoms with Crippen LogP contribution in [-0.2, 0) is 9.47 Å². The summed E-state index contributed by atoms with van der Waals surface area (Å²) in [6.45, 7) is 0. The molecule has 9 heteroatoms. The number of ether oxygens (including phenoxy) is 3. The summed E-state index contributed by atoms with van der Waals surface area (Å²) in [5.74, 6) is -4.48. The predicted octanol–water partition coefficient (Wildman–Crippen LogP) is 3.40. The quantitative estimate of drug-likeness (QED) is 0.609. The number of rotatable bonds is 5. The minimum absolute atomic E-state index is 0.225. The van der Waals surface area contributed by atoms with Gasteiger partial charge < -0.3 is 14.2 Å². The molecule has 0 bridgehead atoms. The van der Waals surface area contributed by atoms with E-state index in [4.69, 9.17) is 14.2 Å². The Kier molecular flexibility index (Phi) is 5.58. The molecule has 1 aromatic heterocycles. The van der Waals surface area contributed by atoms with Crippen molar-refractivity contribution >= 4 is 11.9 Å². The molecular formula is C20H16F2N2O5. The molecule has 7 nitrogen and oxygen atoms in total. The lowest BCUT2D eigenvalue weighted by molar-refractivity contribution is 0.0549. The van der Waals surface area contributed by atoms with Gasteiger partial charge in [0.05, 0.1) is 27.0 Å². The molecule has 0 saturated heterocycles. The van der Waals surface area contributed by atoms with E-state index in [9.17, 15) is 18.4 Å². The first-order chi connectivity index (χ1) is 13.9. The summed E-state index contributed by atoms with van der Waals surface area (Å²) in [6, 6.07) is 10.5. The van der Waals surface area contributed by atoms with Crippen molar-refractivity contribution < 1.29 is 32.6 Å². The van der Waals surface area contributed by atoms with Gasteiger partial charge in [0.25, 0.3) is 0 Å². The summed E-state index contributed by atoms with van der Waals surface area (Å²) in [5, 5.41) is 4.25. The molecule has 0 saturated carbocycles. The number of para-hydroxylation sites is 1. The van der Waals surface area contributed by atoms with Crippen LogP contribution in [0.25, 0.3) is 16.9 Å². The van der Waals surface area contributed by atoms with Gasteiger partial charge in [-0.15, -0.1) is 0 Å². The van der Waals surface area contributed by atoms with Crippen molar-refractivity contribution in [3.8, 4) is 22.7 Å². The lowest BCUT2D eigenvalue weighted by Gasteiger charge is -2.08. The third-order valence-corrected chi connectivity index (χ3v) is 4.16. The van der Waals surface area contributed by atoms with Crippen molar-refractivity contribution in [3.05, 3.63) is 65.4 Å². The topological polar surface area (TPSA) is 79.7 Å². The first kappa shape index (κ1) is 20.0. The van der Waals surface area contributed by atoms with E-state index < -0.39 is 29.3 Å². The van der Waals surface area contributed by atoms with Gasteiger partial charge in [0.1, 0.15) is 11.3 Å². The molecule has 0 spiro atoms. The Labute approximate surface area is 164 Å². The van der Waals surface area contributed by atoms with Crippen LogP contribution in [0.4, 0.5) is 8.78 Å². The Hall–Kier alpha value is -3.75. The molecule has 3 aromatic rings. The van der Waals surface area contributed by atoms with Crippen molar-refractivity contribution in [2.75, 3.05) is 21.3 Å². The van der Waals surface area contributed by atoms with Crippen LogP contribution in [0.3, 0.4) is 0 Å². The largest absolute Gasteiger partial charge is 0.491 e. The normalized spacial score (nSPS) is 10.5. The lowest BCUT2D eigenvalue weighted by Crippen LogP contribution is -2.15. The van der Waals surface area contributed by atoms with E-state index in [1.54, 1.807) is 30.3 Å². The van der Waals surface area contributed by atoms with Gasteiger partial charge in [-0.3, -0.25) is 0 Å². The Morgan fingerprint density at radius 2 is 1.59 bits per heavy atom. The summed E-state index contributed by atoms with van der Waals surface area (Å²) in [6.07, 6.45) is 0. The zero-order valence-electron chi connectivity index (χ0n) is 15.7. The molecular weight excluding hydrogens is 386 g/mol. The molecule has 0 amide bonds. The number of nitrogens with zero attached hydrogens (tertiary/aromatic N) is 2. The summed E-state index contributed by atoms with van der Waals surface area (Å²) in [4.78, 5) is 25.0. The van der Waals surface area contributed by atoms with Gasteiger partial charge >= 0.3 is 11.9 Å². The molecule has 0 aliphatic carbocycles. The average Bonchev–Trinajstić information content (AvgIpc) is 3.14. The van der Waals surface area contributed by atoms with E-state index in [-0.39, 0.29) is 22.5 Å². The van der Waals surface area contributed by atoms with Gasteiger partial charge in [0.2, 0.25) is 0 Å². The molecule has 0 atom stereocenters. The van der Waals surface area contributed by atoms with E-state index in [0.29, 0.717) is 5.69 Å². The zero-order chi connectivity index (χ0) is 21.1. The molecule has 0 fully saturated rings. The summed E-state index contributed by atoms with van der Waals surface area (Å²) in [5.41, 5.74) is -0.641. The van der Waals surface area contributed by atoms with E-state index >= 15 is 0 Å². The van der Waals surface area contributed by atoms with E-state index in [1.807, 2.05) is 0 Å². The fourth-order valence-corrected chi connectivity index (χ4v) is 2.85. The van der Waals surface area contributed by atoms with Crippen LogP contribution < -0.4 is 4.74 Å². The van der Waals surface area contributed by atoms with Crippen molar-refractivity contribution in [1.29, 1.82) is 0 Å². The van der Waals surface area contributed by atoms with Crippen molar-refractivity contribution in [3.63, 3.8) is 0 Å². The van der Waals surface area contributed by atoms with Crippen molar-refractivity contribution in [2.24, 2.45) is 0 Å². The average molecular weight is 402 g/mol. The van der Waals surface area contributed by atoms with Gasteiger partial charge in [-0.05, 0) is 24.3 Å². The second-order valence-corrected chi connectivity index (χ2v) is 5.74. The molecule has 0 N–H and O–H groups in total. The van der Waals surface area contributed by atoms with Crippen LogP contribution in [-0.4, -0.2) is 43.0 Å². The number of hydrogen-bond acceptors (Lipinski definition) is 6. The van der Waals surface area contributed by atoms with Crippen LogP contribution in [0.5, 0.6) is 5.75 Å². The Balaban J connectivity index is 2.41. The molecule has 29 heavy (non-hydrogen) atoms. The maximum absolute atomic E-state index is 14.9. The molecule has 2 aromatic carbocycles. The Bertz CT molecular complexity index is 1080. The van der Waals surface area contributed by atoms with Crippen molar-refractivity contribution in [2.45, 2.75) is 0 Å². The number of hydrogen-bond donors (Lipinski definition) is 0. The summed E-state index contributed by atoms with van der Waals surface area (Å²) in [7, 11) is 3.34. The number of carbonyl (C=O) groups excluding carboxylic acids is 2. The third kappa shape index (κ3) is 3.42. The van der Waals surface area contributed by atoms with Gasteiger partial charge in [0, 0.05) is 5.56 Å². The molecule has 0 aliphatic heterocycles. The second-order valence-electron chi connectivity index (χ2n) is 5.74. The molecule has 1 heterocycles. The number of esters is 2. The second kappa shape index (κ2) is 8.09. The maximum Gasteiger partial charge on any atom is 0.357 e. The minimum Gasteiger partial charge on any atom is -0.491 e. The van der Waals surface area contributed by atoms with E-state index in [1.165, 1.54) is 0 Å². The van der Waals surface area contributed by atoms with E-state index in [0.717, 1.165) is 38.1 Å². The predicted molar refractivity (Wildman–Crippen MR) is 98.1 cm³/mol. The molecule has 0 unspecified atom stereocenters. The molecule has 150 valence electrons. The van der Waals surface area contributed by atoms with Gasteiger partial charge in [0.15, 0.2) is 23.1 Å². The maximum atomic E-state index is 14.9. The SMILES string of the molecule is COC(=O)c1c(-c2ccc(F)c(OC)c2F)nn(-c2ccccc2)c1C(=O)OC. The number of halogens is 2. The van der Waals surface area contributed by atoms with Crippen LogP contribution >= 0.6 is 0 Å². The number of methoxy groups -OCH3 is 3. The Morgan fingerprint density at radius 3 is 2.17 bits per heavy atom. The van der Waals surface area contributed by atoms with Gasteiger partial charge in [-0.2, -0.15) is 5.10 Å². The number of carbonyl (C=O) groups is 2. The fourth-order valence-electron chi connectivity index (χ4n) is 2.85. The molecule has 0 aliphatic rings. The van der Waals surface area contributed by atoms with E-state index in [2.05, 4.69) is 5.10 Å². The first-order valence-corrected chi connectivity index (χ1v) is 8.32. The highest BCUT2D eigenvalue weighted by Gasteiger charge is 2.33. The van der Waals surface area contributed by atoms with Crippen LogP contribution in [0.1, 0.15) is 20.8 Å². The number of aromatic nitrogens is 2. The molecule has 0 radical (unpaired) electrons. The summed E-state index contributed by atoms with van der Waals surface area (Å²) >= 11 is 0. The summed E-state index contributed by atoms with van der Waals surface area (Å²) < 4.78 is 44.2. The molecule has 3 rings (SSSR count). The van der Waals surface area contributed by atoms with Crippen molar-refractivity contribution in [1.82, 2.24) is 9.78 Å². The van der Waals surface area contributed by atoms with Crippen LogP contribution in [0.15, 0.2) is 42.5 Å². The van der Waals surface area contributed by atoms with Gasteiger partial charge in [-0.25, -0.2) is 23.1 Å². The highest BCUT2D eigenvalue weighted by atomic mass is 19.1. The fraction of sp³-hybridized carbons (Fsp3) is 0.150. The van der Waals surface area contributed by atoms with Crippen LogP contribution in [0.2, 0.25) is 0 Å². The number of benzene rings is 2.